The Morgan fingerprint density at radius 1 is 1.05 bits per heavy atom. The molecule has 0 aliphatic carbocycles. The predicted octanol–water partition coefficient (Wildman–Crippen LogP) is 1.69. The summed E-state index contributed by atoms with van der Waals surface area (Å²) in [6, 6.07) is 0. The molecule has 0 aromatic carbocycles. The fourth-order valence-electron chi connectivity index (χ4n) is 0.406. The first kappa shape index (κ1) is 24.3. The van der Waals surface area contributed by atoms with Crippen molar-refractivity contribution in [1.29, 1.82) is 0 Å². The zero-order valence-electron chi connectivity index (χ0n) is 13.3. The molecule has 0 aromatic rings. The van der Waals surface area contributed by atoms with Crippen LogP contribution in [0, 0.1) is 0 Å². The van der Waals surface area contributed by atoms with Gasteiger partial charge in [-0.25, -0.2) is 14.4 Å². The van der Waals surface area contributed by atoms with Gasteiger partial charge in [-0.15, -0.1) is 0 Å². The van der Waals surface area contributed by atoms with E-state index in [9.17, 15) is 19.2 Å². The van der Waals surface area contributed by atoms with Gasteiger partial charge in [0, 0.05) is 17.2 Å². The van der Waals surface area contributed by atoms with Gasteiger partial charge in [0.2, 0.25) is 0 Å². The molecule has 0 saturated heterocycles. The van der Waals surface area contributed by atoms with E-state index in [4.69, 9.17) is 5.11 Å². The summed E-state index contributed by atoms with van der Waals surface area (Å²) >= 11 is 0. The van der Waals surface area contributed by atoms with Gasteiger partial charge in [-0.05, 0) is 20.8 Å². The van der Waals surface area contributed by atoms with E-state index in [1.165, 1.54) is 21.0 Å². The molecule has 7 heteroatoms. The standard InChI is InChI=1S/C6H8O3.C5H8O2.C4H6O2/c1-3-6(8)9-4-5(2)7;1-4(2)5(6)7-3;1-3(2)4(5)6/h3H,1,4H2,2H3;1H2,2-3H3;1H2,2H3,(H,5,6). The van der Waals surface area contributed by atoms with Crippen molar-refractivity contribution >= 4 is 23.7 Å². The number of rotatable bonds is 5. The molecule has 0 bridgehead atoms. The number of hydrogen-bond acceptors (Lipinski definition) is 6. The van der Waals surface area contributed by atoms with Gasteiger partial charge in [-0.1, -0.05) is 19.7 Å². The summed E-state index contributed by atoms with van der Waals surface area (Å²) in [6.45, 7) is 13.9. The Labute approximate surface area is 129 Å². The summed E-state index contributed by atoms with van der Waals surface area (Å²) < 4.78 is 8.62. The first-order valence-electron chi connectivity index (χ1n) is 5.90. The van der Waals surface area contributed by atoms with Gasteiger partial charge in [0.05, 0.1) is 7.11 Å². The highest BCUT2D eigenvalue weighted by molar-refractivity contribution is 5.86. The number of carbonyl (C=O) groups is 4. The molecular weight excluding hydrogens is 292 g/mol. The third-order valence-corrected chi connectivity index (χ3v) is 1.48. The molecular formula is C15H22O7. The average Bonchev–Trinajstić information content (AvgIpc) is 2.44. The molecule has 124 valence electrons. The molecule has 0 unspecified atom stereocenters. The maximum atomic E-state index is 10.2. The number of carboxylic acids is 1. The van der Waals surface area contributed by atoms with E-state index in [0.29, 0.717) is 5.57 Å². The predicted molar refractivity (Wildman–Crippen MR) is 81.1 cm³/mol. The van der Waals surface area contributed by atoms with E-state index in [-0.39, 0.29) is 23.9 Å². The Hall–Kier alpha value is -2.70. The van der Waals surface area contributed by atoms with Crippen LogP contribution in [0.1, 0.15) is 20.8 Å². The van der Waals surface area contributed by atoms with Crippen molar-refractivity contribution in [2.45, 2.75) is 20.8 Å². The van der Waals surface area contributed by atoms with Crippen molar-refractivity contribution in [3.05, 3.63) is 37.0 Å². The lowest BCUT2D eigenvalue weighted by Gasteiger charge is -1.94. The largest absolute Gasteiger partial charge is 0.478 e. The number of Topliss-reactive ketones (excluding diaryl/α,β-unsaturated/α-hetero) is 1. The van der Waals surface area contributed by atoms with Crippen LogP contribution >= 0.6 is 0 Å². The minimum atomic E-state index is -0.935. The van der Waals surface area contributed by atoms with Crippen LogP contribution in [0.25, 0.3) is 0 Å². The molecule has 0 radical (unpaired) electrons. The van der Waals surface area contributed by atoms with Gasteiger partial charge in [-0.2, -0.15) is 0 Å². The summed E-state index contributed by atoms with van der Waals surface area (Å²) in [7, 11) is 1.33. The summed E-state index contributed by atoms with van der Waals surface area (Å²) in [6.07, 6.45) is 1.02. The molecule has 22 heavy (non-hydrogen) atoms. The van der Waals surface area contributed by atoms with E-state index in [0.717, 1.165) is 6.08 Å². The Balaban J connectivity index is -0.000000252. The monoisotopic (exact) mass is 314 g/mol. The molecule has 1 N–H and O–H groups in total. The highest BCUT2D eigenvalue weighted by Crippen LogP contribution is 1.87. The molecule has 0 amide bonds. The summed E-state index contributed by atoms with van der Waals surface area (Å²) in [5.74, 6) is -2.02. The summed E-state index contributed by atoms with van der Waals surface area (Å²) in [4.78, 5) is 40.2. The second kappa shape index (κ2) is 14.7. The molecule has 0 spiro atoms. The van der Waals surface area contributed by atoms with Gasteiger partial charge in [0.1, 0.15) is 6.61 Å². The van der Waals surface area contributed by atoms with E-state index < -0.39 is 11.9 Å². The average molecular weight is 314 g/mol. The lowest BCUT2D eigenvalue weighted by molar-refractivity contribution is -0.142. The number of carboxylic acid groups (broad SMARTS) is 1. The van der Waals surface area contributed by atoms with Crippen LogP contribution < -0.4 is 0 Å². The number of esters is 2. The van der Waals surface area contributed by atoms with Crippen molar-refractivity contribution in [3.63, 3.8) is 0 Å². The molecule has 0 aromatic heterocycles. The van der Waals surface area contributed by atoms with Gasteiger partial charge in [-0.3, -0.25) is 4.79 Å². The third-order valence-electron chi connectivity index (χ3n) is 1.48. The van der Waals surface area contributed by atoms with Crippen LogP contribution in [0.4, 0.5) is 0 Å². The number of aliphatic carboxylic acids is 1. The zero-order valence-corrected chi connectivity index (χ0v) is 13.3. The minimum Gasteiger partial charge on any atom is -0.478 e. The highest BCUT2D eigenvalue weighted by atomic mass is 16.5. The molecule has 0 saturated carbocycles. The van der Waals surface area contributed by atoms with E-state index in [1.807, 2.05) is 0 Å². The number of methoxy groups -OCH3 is 1. The number of ether oxygens (including phenoxy) is 2. The molecule has 0 aliphatic rings. The first-order chi connectivity index (χ1) is 9.99. The topological polar surface area (TPSA) is 107 Å². The van der Waals surface area contributed by atoms with Crippen LogP contribution in [-0.2, 0) is 28.7 Å². The maximum absolute atomic E-state index is 10.2. The van der Waals surface area contributed by atoms with Gasteiger partial charge >= 0.3 is 17.9 Å². The molecule has 0 heterocycles. The molecule has 0 atom stereocenters. The smallest absolute Gasteiger partial charge is 0.332 e. The Kier molecular flexibility index (Phi) is 16.3. The summed E-state index contributed by atoms with van der Waals surface area (Å²) in [5.41, 5.74) is 0.609. The van der Waals surface area contributed by atoms with Crippen molar-refractivity contribution < 1.29 is 33.8 Å². The summed E-state index contributed by atoms with van der Waals surface area (Å²) in [5, 5.41) is 7.89. The first-order valence-corrected chi connectivity index (χ1v) is 5.90. The second-order valence-electron chi connectivity index (χ2n) is 3.87. The zero-order chi connectivity index (χ0) is 18.3. The molecule has 0 fully saturated rings. The van der Waals surface area contributed by atoms with Crippen LogP contribution in [0.5, 0.6) is 0 Å². The molecule has 7 nitrogen and oxygen atoms in total. The third kappa shape index (κ3) is 22.5. The van der Waals surface area contributed by atoms with E-state index >= 15 is 0 Å². The maximum Gasteiger partial charge on any atom is 0.332 e. The van der Waals surface area contributed by atoms with Gasteiger partial charge in [0.25, 0.3) is 0 Å². The van der Waals surface area contributed by atoms with E-state index in [1.54, 1.807) is 6.92 Å². The van der Waals surface area contributed by atoms with Crippen molar-refractivity contribution in [1.82, 2.24) is 0 Å². The molecule has 0 aliphatic heterocycles. The highest BCUT2D eigenvalue weighted by Gasteiger charge is 1.96. The van der Waals surface area contributed by atoms with Gasteiger partial charge < -0.3 is 14.6 Å². The SMILES string of the molecule is C=C(C)C(=O)O.C=C(C)C(=O)OC.C=CC(=O)OCC(C)=O. The fourth-order valence-corrected chi connectivity index (χ4v) is 0.406. The number of hydrogen-bond donors (Lipinski definition) is 1. The van der Waals surface area contributed by atoms with Crippen LogP contribution in [0.15, 0.2) is 37.0 Å². The van der Waals surface area contributed by atoms with Crippen molar-refractivity contribution in [2.24, 2.45) is 0 Å². The number of ketones is 1. The Bertz CT molecular complexity index is 435. The lowest BCUT2D eigenvalue weighted by atomic mass is 10.4. The molecule has 0 rings (SSSR count). The van der Waals surface area contributed by atoms with Gasteiger partial charge in [0.15, 0.2) is 5.78 Å². The lowest BCUT2D eigenvalue weighted by Crippen LogP contribution is -2.08. The number of carbonyl (C=O) groups excluding carboxylic acids is 3. The van der Waals surface area contributed by atoms with E-state index in [2.05, 4.69) is 29.2 Å². The quantitative estimate of drug-likeness (QED) is 0.607. The fraction of sp³-hybridized carbons (Fsp3) is 0.333. The Morgan fingerprint density at radius 2 is 1.45 bits per heavy atom. The Morgan fingerprint density at radius 3 is 1.59 bits per heavy atom. The van der Waals surface area contributed by atoms with Crippen LogP contribution in [-0.4, -0.2) is 42.5 Å². The second-order valence-corrected chi connectivity index (χ2v) is 3.87. The minimum absolute atomic E-state index is 0.162. The van der Waals surface area contributed by atoms with Crippen LogP contribution in [0.2, 0.25) is 0 Å². The van der Waals surface area contributed by atoms with Crippen molar-refractivity contribution in [2.75, 3.05) is 13.7 Å². The van der Waals surface area contributed by atoms with Crippen LogP contribution in [0.3, 0.4) is 0 Å². The normalized spacial score (nSPS) is 7.82. The van der Waals surface area contributed by atoms with Crippen molar-refractivity contribution in [3.8, 4) is 0 Å².